The number of ether oxygens (including phenoxy) is 1. The van der Waals surface area contributed by atoms with Gasteiger partial charge >= 0.3 is 11.9 Å². The van der Waals surface area contributed by atoms with Gasteiger partial charge in [0.15, 0.2) is 0 Å². The molecule has 0 spiro atoms. The van der Waals surface area contributed by atoms with E-state index in [0.29, 0.717) is 12.8 Å². The molecule has 0 aromatic carbocycles. The molecule has 2 amide bonds. The number of unbranched alkanes of at least 4 members (excludes halogenated alkanes) is 8. The number of carbonyl (C=O) groups excluding carboxylic acids is 3. The van der Waals surface area contributed by atoms with Gasteiger partial charge in [-0.2, -0.15) is 0 Å². The molecule has 62 heavy (non-hydrogen) atoms. The predicted octanol–water partition coefficient (Wildman–Crippen LogP) is 12.2. The standard InChI is InChI=1S/C53H82N2O7/c1-3-5-7-9-11-13-15-16-17-18-19-20-21-22-23-24-25-26-28-30-32-37-41-45-52(59)62-48(42-38-34-31-29-27-14-12-10-8-6-4-2)43-39-35-33-36-40-44-50(57)54-46-51(58)55-49(47-56)53(60)61/h5,7,11-14,16-17,19-20,22-23,25-26,29-32,38,42,48-49,56H,3-4,6,8-10,15,18,21,24,27-28,33-37,39-41,43-47H2,1-2H3,(H,54,57)(H,55,58)(H,60,61)/b7-5-,13-11-,14-12-,17-16-,20-19-,23-22-,26-25-,31-29-,32-30-,42-38-. The first-order chi connectivity index (χ1) is 30.3. The zero-order valence-corrected chi connectivity index (χ0v) is 38.3. The van der Waals surface area contributed by atoms with Crippen molar-refractivity contribution < 1.29 is 34.1 Å². The molecule has 0 bridgehead atoms. The Morgan fingerprint density at radius 3 is 1.48 bits per heavy atom. The van der Waals surface area contributed by atoms with Gasteiger partial charge in [-0.05, 0) is 109 Å². The average Bonchev–Trinajstić information content (AvgIpc) is 3.26. The van der Waals surface area contributed by atoms with Crippen LogP contribution < -0.4 is 10.6 Å². The number of hydrogen-bond donors (Lipinski definition) is 4. The number of amides is 2. The number of allylic oxidation sites excluding steroid dienone is 19. The van der Waals surface area contributed by atoms with E-state index in [0.717, 1.165) is 109 Å². The van der Waals surface area contributed by atoms with Gasteiger partial charge in [0.1, 0.15) is 12.1 Å². The predicted molar refractivity (Wildman–Crippen MR) is 258 cm³/mol. The maximum absolute atomic E-state index is 12.8. The van der Waals surface area contributed by atoms with Crippen molar-refractivity contribution in [2.24, 2.45) is 0 Å². The second-order valence-corrected chi connectivity index (χ2v) is 15.1. The maximum atomic E-state index is 12.8. The summed E-state index contributed by atoms with van der Waals surface area (Å²) >= 11 is 0. The van der Waals surface area contributed by atoms with Gasteiger partial charge < -0.3 is 25.6 Å². The van der Waals surface area contributed by atoms with Gasteiger partial charge in [0.05, 0.1) is 13.2 Å². The Bertz CT molecular complexity index is 1450. The Hall–Kier alpha value is -4.76. The van der Waals surface area contributed by atoms with Crippen molar-refractivity contribution in [3.63, 3.8) is 0 Å². The van der Waals surface area contributed by atoms with Gasteiger partial charge in [0.25, 0.3) is 0 Å². The van der Waals surface area contributed by atoms with Crippen LogP contribution in [0.5, 0.6) is 0 Å². The van der Waals surface area contributed by atoms with Crippen LogP contribution in [0.3, 0.4) is 0 Å². The largest absolute Gasteiger partial charge is 0.480 e. The van der Waals surface area contributed by atoms with E-state index in [4.69, 9.17) is 14.9 Å². The normalized spacial score (nSPS) is 13.6. The van der Waals surface area contributed by atoms with Crippen molar-refractivity contribution in [1.82, 2.24) is 10.6 Å². The number of carboxylic acid groups (broad SMARTS) is 1. The molecule has 0 aromatic heterocycles. The number of rotatable bonds is 40. The molecule has 0 saturated heterocycles. The fraction of sp³-hybridized carbons (Fsp3) is 0.547. The molecule has 0 heterocycles. The van der Waals surface area contributed by atoms with E-state index in [9.17, 15) is 19.2 Å². The van der Waals surface area contributed by atoms with Crippen LogP contribution >= 0.6 is 0 Å². The van der Waals surface area contributed by atoms with Crippen LogP contribution in [-0.2, 0) is 23.9 Å². The van der Waals surface area contributed by atoms with E-state index in [1.165, 1.54) is 19.3 Å². The molecular formula is C53H82N2O7. The zero-order chi connectivity index (χ0) is 45.4. The van der Waals surface area contributed by atoms with Crippen LogP contribution in [0.4, 0.5) is 0 Å². The van der Waals surface area contributed by atoms with Crippen molar-refractivity contribution in [2.75, 3.05) is 13.2 Å². The number of carboxylic acids is 1. The summed E-state index contributed by atoms with van der Waals surface area (Å²) in [4.78, 5) is 47.6. The minimum absolute atomic E-state index is 0.178. The minimum Gasteiger partial charge on any atom is -0.480 e. The van der Waals surface area contributed by atoms with Crippen LogP contribution in [0.2, 0.25) is 0 Å². The van der Waals surface area contributed by atoms with Crippen LogP contribution in [0, 0.1) is 0 Å². The van der Waals surface area contributed by atoms with E-state index < -0.39 is 24.5 Å². The van der Waals surface area contributed by atoms with Gasteiger partial charge in [-0.25, -0.2) is 4.79 Å². The Kier molecular flexibility index (Phi) is 42.2. The summed E-state index contributed by atoms with van der Waals surface area (Å²) in [5, 5.41) is 22.5. The molecule has 346 valence electrons. The molecular weight excluding hydrogens is 777 g/mol. The van der Waals surface area contributed by atoms with E-state index in [2.05, 4.69) is 140 Å². The molecule has 9 nitrogen and oxygen atoms in total. The summed E-state index contributed by atoms with van der Waals surface area (Å²) in [5.74, 6) is -2.48. The van der Waals surface area contributed by atoms with Crippen LogP contribution in [0.1, 0.15) is 162 Å². The Morgan fingerprint density at radius 1 is 0.516 bits per heavy atom. The van der Waals surface area contributed by atoms with E-state index in [-0.39, 0.29) is 30.9 Å². The lowest BCUT2D eigenvalue weighted by atomic mass is 10.1. The molecule has 0 rings (SSSR count). The minimum atomic E-state index is -1.40. The van der Waals surface area contributed by atoms with Gasteiger partial charge in [-0.15, -0.1) is 0 Å². The molecule has 0 radical (unpaired) electrons. The lowest BCUT2D eigenvalue weighted by Gasteiger charge is -2.14. The summed E-state index contributed by atoms with van der Waals surface area (Å²) in [6.07, 6.45) is 63.9. The highest BCUT2D eigenvalue weighted by Gasteiger charge is 2.18. The molecule has 0 aliphatic carbocycles. The number of esters is 1. The highest BCUT2D eigenvalue weighted by atomic mass is 16.5. The first-order valence-corrected chi connectivity index (χ1v) is 23.4. The number of aliphatic carboxylic acids is 1. The fourth-order valence-electron chi connectivity index (χ4n) is 5.86. The second-order valence-electron chi connectivity index (χ2n) is 15.1. The third-order valence-corrected chi connectivity index (χ3v) is 9.43. The smallest absolute Gasteiger partial charge is 0.328 e. The Balaban J connectivity index is 4.48. The lowest BCUT2D eigenvalue weighted by molar-refractivity contribution is -0.147. The molecule has 4 N–H and O–H groups in total. The monoisotopic (exact) mass is 859 g/mol. The van der Waals surface area contributed by atoms with Gasteiger partial charge in [0, 0.05) is 12.8 Å². The molecule has 9 heteroatoms. The molecule has 0 saturated carbocycles. The molecule has 0 fully saturated rings. The van der Waals surface area contributed by atoms with Crippen molar-refractivity contribution in [3.8, 4) is 0 Å². The summed E-state index contributed by atoms with van der Waals surface area (Å²) in [5.41, 5.74) is 0. The Labute approximate surface area is 375 Å². The molecule has 2 atom stereocenters. The second kappa shape index (κ2) is 45.8. The number of aliphatic hydroxyl groups is 1. The van der Waals surface area contributed by atoms with Crippen LogP contribution in [0.25, 0.3) is 0 Å². The van der Waals surface area contributed by atoms with E-state index in [1.54, 1.807) is 0 Å². The number of aliphatic hydroxyl groups excluding tert-OH is 1. The quantitative estimate of drug-likeness (QED) is 0.0273. The molecule has 0 aliphatic heterocycles. The summed E-state index contributed by atoms with van der Waals surface area (Å²) in [6.45, 7) is 3.29. The van der Waals surface area contributed by atoms with Crippen molar-refractivity contribution in [1.29, 1.82) is 0 Å². The molecule has 2 unspecified atom stereocenters. The third-order valence-electron chi connectivity index (χ3n) is 9.43. The SMILES string of the molecule is CC/C=C\C/C=C\C/C=C\C/C=C\C/C=C\C/C=C\C/C=C\CCCC(=O)OC(/C=C\C/C=C\C/C=C\CCCCC)CCCCCCCC(=O)NCC(=O)NC(CO)C(=O)O. The first-order valence-electron chi connectivity index (χ1n) is 23.4. The molecule has 0 aromatic rings. The number of nitrogens with one attached hydrogen (secondary N) is 2. The van der Waals surface area contributed by atoms with Crippen molar-refractivity contribution in [3.05, 3.63) is 122 Å². The van der Waals surface area contributed by atoms with Gasteiger partial charge in [-0.1, -0.05) is 161 Å². The molecule has 0 aliphatic rings. The van der Waals surface area contributed by atoms with Crippen molar-refractivity contribution >= 4 is 23.8 Å². The Morgan fingerprint density at radius 2 is 0.984 bits per heavy atom. The summed E-state index contributed by atoms with van der Waals surface area (Å²) in [6, 6.07) is -1.40. The topological polar surface area (TPSA) is 142 Å². The highest BCUT2D eigenvalue weighted by Crippen LogP contribution is 2.14. The van der Waals surface area contributed by atoms with Gasteiger partial charge in [-0.3, -0.25) is 14.4 Å². The van der Waals surface area contributed by atoms with Crippen LogP contribution in [-0.4, -0.2) is 59.3 Å². The maximum Gasteiger partial charge on any atom is 0.328 e. The average molecular weight is 859 g/mol. The highest BCUT2D eigenvalue weighted by molar-refractivity contribution is 5.87. The van der Waals surface area contributed by atoms with Crippen molar-refractivity contribution in [2.45, 2.75) is 174 Å². The van der Waals surface area contributed by atoms with Crippen LogP contribution in [0.15, 0.2) is 122 Å². The summed E-state index contributed by atoms with van der Waals surface area (Å²) < 4.78 is 5.90. The summed E-state index contributed by atoms with van der Waals surface area (Å²) in [7, 11) is 0. The zero-order valence-electron chi connectivity index (χ0n) is 38.3. The first kappa shape index (κ1) is 57.2. The fourth-order valence-corrected chi connectivity index (χ4v) is 5.86. The number of carbonyl (C=O) groups is 4. The third kappa shape index (κ3) is 42.0. The number of hydrogen-bond acceptors (Lipinski definition) is 6. The van der Waals surface area contributed by atoms with Gasteiger partial charge in [0.2, 0.25) is 11.8 Å². The van der Waals surface area contributed by atoms with E-state index in [1.807, 2.05) is 6.08 Å². The lowest BCUT2D eigenvalue weighted by Crippen LogP contribution is -2.47. The van der Waals surface area contributed by atoms with E-state index >= 15 is 0 Å².